The van der Waals surface area contributed by atoms with Crippen LogP contribution in [0.1, 0.15) is 17.3 Å². The lowest BCUT2D eigenvalue weighted by Gasteiger charge is -2.29. The van der Waals surface area contributed by atoms with Crippen molar-refractivity contribution in [3.63, 3.8) is 0 Å². The predicted octanol–water partition coefficient (Wildman–Crippen LogP) is 3.23. The van der Waals surface area contributed by atoms with Crippen LogP contribution in [-0.4, -0.2) is 50.8 Å². The first kappa shape index (κ1) is 17.4. The van der Waals surface area contributed by atoms with E-state index in [1.54, 1.807) is 37.3 Å². The maximum Gasteiger partial charge on any atom is 0.255 e. The number of nitrogens with zero attached hydrogens (tertiary/aromatic N) is 1. The predicted molar refractivity (Wildman–Crippen MR) is 83.4 cm³/mol. The molecular formula is C14H19BrClNO3. The van der Waals surface area contributed by atoms with Gasteiger partial charge in [0.1, 0.15) is 0 Å². The summed E-state index contributed by atoms with van der Waals surface area (Å²) in [6.45, 7) is 3.35. The average molecular weight is 365 g/mol. The molecule has 4 nitrogen and oxygen atoms in total. The number of benzene rings is 1. The zero-order chi connectivity index (χ0) is 15.1. The molecule has 0 aliphatic rings. The zero-order valence-corrected chi connectivity index (χ0v) is 14.2. The van der Waals surface area contributed by atoms with Crippen molar-refractivity contribution in [2.24, 2.45) is 0 Å². The number of ether oxygens (including phenoxy) is 2. The van der Waals surface area contributed by atoms with Crippen LogP contribution in [0.5, 0.6) is 0 Å². The van der Waals surface area contributed by atoms with E-state index in [0.717, 1.165) is 4.47 Å². The highest BCUT2D eigenvalue weighted by molar-refractivity contribution is 9.10. The van der Waals surface area contributed by atoms with Gasteiger partial charge in [0.25, 0.3) is 5.91 Å². The summed E-state index contributed by atoms with van der Waals surface area (Å²) in [6.07, 6.45) is 0. The molecule has 0 saturated carbocycles. The fourth-order valence-electron chi connectivity index (χ4n) is 1.86. The van der Waals surface area contributed by atoms with Crippen molar-refractivity contribution in [2.45, 2.75) is 13.0 Å². The number of hydrogen-bond donors (Lipinski definition) is 0. The van der Waals surface area contributed by atoms with Crippen LogP contribution < -0.4 is 0 Å². The molecule has 0 bridgehead atoms. The number of carbonyl (C=O) groups is 1. The van der Waals surface area contributed by atoms with Gasteiger partial charge in [0.05, 0.1) is 29.8 Å². The van der Waals surface area contributed by atoms with Crippen LogP contribution in [-0.2, 0) is 9.47 Å². The summed E-state index contributed by atoms with van der Waals surface area (Å²) in [6, 6.07) is 5.17. The Morgan fingerprint density at radius 2 is 2.10 bits per heavy atom. The van der Waals surface area contributed by atoms with E-state index in [4.69, 9.17) is 21.1 Å². The summed E-state index contributed by atoms with van der Waals surface area (Å²) < 4.78 is 11.0. The Morgan fingerprint density at radius 1 is 1.40 bits per heavy atom. The molecule has 0 heterocycles. The first-order chi connectivity index (χ1) is 9.51. The van der Waals surface area contributed by atoms with Crippen molar-refractivity contribution in [3.05, 3.63) is 33.3 Å². The summed E-state index contributed by atoms with van der Waals surface area (Å²) in [5.74, 6) is -0.127. The number of carbonyl (C=O) groups excluding carboxylic acids is 1. The van der Waals surface area contributed by atoms with E-state index in [9.17, 15) is 4.79 Å². The van der Waals surface area contributed by atoms with Gasteiger partial charge in [-0.05, 0) is 25.1 Å². The zero-order valence-electron chi connectivity index (χ0n) is 11.9. The third kappa shape index (κ3) is 4.74. The van der Waals surface area contributed by atoms with E-state index < -0.39 is 0 Å². The summed E-state index contributed by atoms with van der Waals surface area (Å²) in [4.78, 5) is 14.4. The maximum atomic E-state index is 12.6. The Balaban J connectivity index is 2.99. The fourth-order valence-corrected chi connectivity index (χ4v) is 2.42. The quantitative estimate of drug-likeness (QED) is 0.745. The molecule has 0 aliphatic heterocycles. The molecule has 0 spiro atoms. The van der Waals surface area contributed by atoms with Crippen molar-refractivity contribution >= 4 is 33.4 Å². The standard InChI is InChI=1S/C14H19BrClNO3/c1-10(9-20-3)17(6-7-19-2)14(18)12-8-11(15)4-5-13(12)16/h4-5,8,10H,6-7,9H2,1-3H3. The first-order valence-corrected chi connectivity index (χ1v) is 7.42. The molecule has 1 unspecified atom stereocenters. The lowest BCUT2D eigenvalue weighted by Crippen LogP contribution is -2.43. The SMILES string of the molecule is COCCN(C(=O)c1cc(Br)ccc1Cl)C(C)COC. The van der Waals surface area contributed by atoms with Crippen molar-refractivity contribution in [2.75, 3.05) is 34.0 Å². The molecule has 0 fully saturated rings. The Labute approximate surface area is 133 Å². The van der Waals surface area contributed by atoms with Crippen molar-refractivity contribution in [1.29, 1.82) is 0 Å². The Morgan fingerprint density at radius 3 is 2.70 bits per heavy atom. The molecule has 0 aliphatic carbocycles. The molecule has 1 aromatic rings. The third-order valence-corrected chi connectivity index (χ3v) is 3.72. The Hall–Kier alpha value is -0.620. The largest absolute Gasteiger partial charge is 0.383 e. The summed E-state index contributed by atoms with van der Waals surface area (Å²) in [7, 11) is 3.22. The normalized spacial score (nSPS) is 12.2. The molecule has 20 heavy (non-hydrogen) atoms. The highest BCUT2D eigenvalue weighted by Crippen LogP contribution is 2.23. The van der Waals surface area contributed by atoms with E-state index in [1.165, 1.54) is 0 Å². The van der Waals surface area contributed by atoms with Crippen molar-refractivity contribution in [3.8, 4) is 0 Å². The van der Waals surface area contributed by atoms with Gasteiger partial charge in [-0.15, -0.1) is 0 Å². The lowest BCUT2D eigenvalue weighted by atomic mass is 10.1. The monoisotopic (exact) mass is 363 g/mol. The molecule has 1 rings (SSSR count). The van der Waals surface area contributed by atoms with Gasteiger partial charge >= 0.3 is 0 Å². The molecule has 0 saturated heterocycles. The second-order valence-electron chi connectivity index (χ2n) is 4.42. The van der Waals surface area contributed by atoms with Crippen LogP contribution >= 0.6 is 27.5 Å². The van der Waals surface area contributed by atoms with Gasteiger partial charge < -0.3 is 14.4 Å². The van der Waals surface area contributed by atoms with Crippen molar-refractivity contribution < 1.29 is 14.3 Å². The van der Waals surface area contributed by atoms with E-state index in [0.29, 0.717) is 30.3 Å². The number of amides is 1. The number of rotatable bonds is 7. The molecule has 1 aromatic carbocycles. The van der Waals surface area contributed by atoms with Crippen LogP contribution in [0.15, 0.2) is 22.7 Å². The third-order valence-electron chi connectivity index (χ3n) is 2.90. The Bertz CT molecular complexity index is 456. The molecule has 6 heteroatoms. The van der Waals surface area contributed by atoms with Crippen LogP contribution in [0, 0.1) is 0 Å². The van der Waals surface area contributed by atoms with Crippen molar-refractivity contribution in [1.82, 2.24) is 4.90 Å². The van der Waals surface area contributed by atoms with Gasteiger partial charge in [0, 0.05) is 25.2 Å². The molecule has 1 amide bonds. The van der Waals surface area contributed by atoms with Crippen LogP contribution in [0.2, 0.25) is 5.02 Å². The minimum atomic E-state index is -0.127. The van der Waals surface area contributed by atoms with Crippen LogP contribution in [0.3, 0.4) is 0 Å². The number of hydrogen-bond acceptors (Lipinski definition) is 3. The minimum Gasteiger partial charge on any atom is -0.383 e. The summed E-state index contributed by atoms with van der Waals surface area (Å²) in [5.41, 5.74) is 0.472. The first-order valence-electron chi connectivity index (χ1n) is 6.25. The van der Waals surface area contributed by atoms with E-state index in [-0.39, 0.29) is 11.9 Å². The smallest absolute Gasteiger partial charge is 0.255 e. The van der Waals surface area contributed by atoms with Gasteiger partial charge in [-0.3, -0.25) is 4.79 Å². The minimum absolute atomic E-state index is 0.0577. The molecule has 0 N–H and O–H groups in total. The number of methoxy groups -OCH3 is 2. The second-order valence-corrected chi connectivity index (χ2v) is 5.74. The van der Waals surface area contributed by atoms with Gasteiger partial charge in [-0.1, -0.05) is 27.5 Å². The second kappa shape index (κ2) is 8.62. The van der Waals surface area contributed by atoms with E-state index >= 15 is 0 Å². The van der Waals surface area contributed by atoms with Gasteiger partial charge in [-0.25, -0.2) is 0 Å². The molecule has 1 atom stereocenters. The van der Waals surface area contributed by atoms with E-state index in [1.807, 2.05) is 6.92 Å². The summed E-state index contributed by atoms with van der Waals surface area (Å²) in [5, 5.41) is 0.435. The maximum absolute atomic E-state index is 12.6. The lowest BCUT2D eigenvalue weighted by molar-refractivity contribution is 0.0479. The molecule has 0 radical (unpaired) electrons. The van der Waals surface area contributed by atoms with Crippen LogP contribution in [0.25, 0.3) is 0 Å². The number of halogens is 2. The molecule has 112 valence electrons. The fraction of sp³-hybridized carbons (Fsp3) is 0.500. The Kier molecular flexibility index (Phi) is 7.51. The van der Waals surface area contributed by atoms with Gasteiger partial charge in [0.2, 0.25) is 0 Å². The summed E-state index contributed by atoms with van der Waals surface area (Å²) >= 11 is 9.48. The van der Waals surface area contributed by atoms with E-state index in [2.05, 4.69) is 15.9 Å². The average Bonchev–Trinajstić information content (AvgIpc) is 2.42. The highest BCUT2D eigenvalue weighted by atomic mass is 79.9. The van der Waals surface area contributed by atoms with Gasteiger partial charge in [0.15, 0.2) is 0 Å². The van der Waals surface area contributed by atoms with Gasteiger partial charge in [-0.2, -0.15) is 0 Å². The molecule has 0 aromatic heterocycles. The topological polar surface area (TPSA) is 38.8 Å². The van der Waals surface area contributed by atoms with Crippen LogP contribution in [0.4, 0.5) is 0 Å². The highest BCUT2D eigenvalue weighted by Gasteiger charge is 2.23. The molecular weight excluding hydrogens is 346 g/mol.